The molecular weight excluding hydrogens is 212 g/mol. The lowest BCUT2D eigenvalue weighted by Gasteiger charge is -2.36. The molecule has 2 fully saturated rings. The lowest BCUT2D eigenvalue weighted by atomic mass is 10.0. The summed E-state index contributed by atoms with van der Waals surface area (Å²) in [6, 6.07) is 1.46. The highest BCUT2D eigenvalue weighted by Gasteiger charge is 2.25. The summed E-state index contributed by atoms with van der Waals surface area (Å²) >= 11 is 0. The molecule has 1 saturated carbocycles. The fourth-order valence-electron chi connectivity index (χ4n) is 2.67. The second-order valence-electron chi connectivity index (χ2n) is 5.79. The van der Waals surface area contributed by atoms with E-state index in [1.165, 1.54) is 45.3 Å². The second-order valence-corrected chi connectivity index (χ2v) is 5.79. The van der Waals surface area contributed by atoms with Gasteiger partial charge in [-0.1, -0.05) is 0 Å². The van der Waals surface area contributed by atoms with Crippen molar-refractivity contribution in [1.29, 1.82) is 0 Å². The Bertz CT molecular complexity index is 210. The van der Waals surface area contributed by atoms with Gasteiger partial charge in [0.2, 0.25) is 0 Å². The average Bonchev–Trinajstić information content (AvgIpc) is 3.18. The van der Waals surface area contributed by atoms with Gasteiger partial charge in [0, 0.05) is 25.8 Å². The van der Waals surface area contributed by atoms with E-state index in [-0.39, 0.29) is 0 Å². The van der Waals surface area contributed by atoms with E-state index < -0.39 is 0 Å². The van der Waals surface area contributed by atoms with E-state index >= 15 is 0 Å². The number of piperidine rings is 1. The first-order valence-corrected chi connectivity index (χ1v) is 7.26. The van der Waals surface area contributed by atoms with Gasteiger partial charge in [-0.05, 0) is 64.6 Å². The van der Waals surface area contributed by atoms with Crippen molar-refractivity contribution in [2.24, 2.45) is 5.92 Å². The number of nitrogens with zero attached hydrogens (tertiary/aromatic N) is 1. The van der Waals surface area contributed by atoms with Crippen LogP contribution in [-0.4, -0.2) is 50.3 Å². The van der Waals surface area contributed by atoms with Crippen molar-refractivity contribution < 1.29 is 4.74 Å². The van der Waals surface area contributed by atoms with Crippen LogP contribution in [-0.2, 0) is 4.74 Å². The third kappa shape index (κ3) is 4.57. The number of ether oxygens (including phenoxy) is 1. The van der Waals surface area contributed by atoms with Crippen LogP contribution >= 0.6 is 0 Å². The minimum atomic E-state index is 0.680. The van der Waals surface area contributed by atoms with E-state index in [2.05, 4.69) is 17.1 Å². The molecule has 0 aromatic rings. The summed E-state index contributed by atoms with van der Waals surface area (Å²) in [7, 11) is 1.79. The Morgan fingerprint density at radius 2 is 1.94 bits per heavy atom. The topological polar surface area (TPSA) is 24.5 Å². The Morgan fingerprint density at radius 3 is 2.53 bits per heavy atom. The van der Waals surface area contributed by atoms with E-state index in [9.17, 15) is 0 Å². The summed E-state index contributed by atoms with van der Waals surface area (Å²) in [5.74, 6) is 1.01. The third-order valence-electron chi connectivity index (χ3n) is 4.28. The first kappa shape index (κ1) is 13.3. The molecule has 2 aliphatic rings. The second kappa shape index (κ2) is 6.72. The summed E-state index contributed by atoms with van der Waals surface area (Å²) in [6.07, 6.45) is 6.73. The lowest BCUT2D eigenvalue weighted by molar-refractivity contribution is 0.113. The SMILES string of the molecule is COCCC(C)N1CCC(NCC2CC2)CC1. The van der Waals surface area contributed by atoms with Gasteiger partial charge >= 0.3 is 0 Å². The lowest BCUT2D eigenvalue weighted by Crippen LogP contribution is -2.46. The number of methoxy groups -OCH3 is 1. The fraction of sp³-hybridized carbons (Fsp3) is 1.00. The van der Waals surface area contributed by atoms with Crippen molar-refractivity contribution in [3.05, 3.63) is 0 Å². The molecule has 1 atom stereocenters. The van der Waals surface area contributed by atoms with Crippen LogP contribution in [0, 0.1) is 5.92 Å². The molecule has 100 valence electrons. The average molecular weight is 240 g/mol. The van der Waals surface area contributed by atoms with Crippen molar-refractivity contribution in [1.82, 2.24) is 10.2 Å². The summed E-state index contributed by atoms with van der Waals surface area (Å²) in [6.45, 7) is 7.00. The highest BCUT2D eigenvalue weighted by Crippen LogP contribution is 2.28. The zero-order valence-corrected chi connectivity index (χ0v) is 11.5. The summed E-state index contributed by atoms with van der Waals surface area (Å²) in [5, 5.41) is 3.73. The Kier molecular flexibility index (Phi) is 5.26. The molecule has 0 bridgehead atoms. The molecule has 1 heterocycles. The maximum absolute atomic E-state index is 5.16. The summed E-state index contributed by atoms with van der Waals surface area (Å²) < 4.78 is 5.16. The molecule has 0 aromatic heterocycles. The highest BCUT2D eigenvalue weighted by atomic mass is 16.5. The van der Waals surface area contributed by atoms with Crippen LogP contribution in [0.2, 0.25) is 0 Å². The molecule has 17 heavy (non-hydrogen) atoms. The Labute approximate surface area is 106 Å². The van der Waals surface area contributed by atoms with Crippen molar-refractivity contribution in [2.45, 2.75) is 51.1 Å². The van der Waals surface area contributed by atoms with E-state index in [1.54, 1.807) is 7.11 Å². The van der Waals surface area contributed by atoms with Crippen LogP contribution in [0.3, 0.4) is 0 Å². The number of hydrogen-bond donors (Lipinski definition) is 1. The molecule has 1 aliphatic heterocycles. The van der Waals surface area contributed by atoms with Crippen molar-refractivity contribution >= 4 is 0 Å². The van der Waals surface area contributed by atoms with Gasteiger partial charge in [0.05, 0.1) is 0 Å². The molecule has 1 aliphatic carbocycles. The molecule has 1 N–H and O–H groups in total. The molecule has 0 amide bonds. The van der Waals surface area contributed by atoms with Gasteiger partial charge in [-0.15, -0.1) is 0 Å². The molecular formula is C14H28N2O. The Hall–Kier alpha value is -0.120. The molecule has 0 aromatic carbocycles. The van der Waals surface area contributed by atoms with E-state index in [1.807, 2.05) is 0 Å². The first-order chi connectivity index (χ1) is 8.29. The van der Waals surface area contributed by atoms with E-state index in [4.69, 9.17) is 4.74 Å². The number of rotatable bonds is 7. The summed E-state index contributed by atoms with van der Waals surface area (Å²) in [5.41, 5.74) is 0. The third-order valence-corrected chi connectivity index (χ3v) is 4.28. The van der Waals surface area contributed by atoms with E-state index in [0.29, 0.717) is 6.04 Å². The standard InChI is InChI=1S/C14H28N2O/c1-12(7-10-17-2)16-8-5-14(6-9-16)15-11-13-3-4-13/h12-15H,3-11H2,1-2H3. The predicted molar refractivity (Wildman–Crippen MR) is 71.3 cm³/mol. The molecule has 3 heteroatoms. The maximum atomic E-state index is 5.16. The normalized spacial score (nSPS) is 25.1. The summed E-state index contributed by atoms with van der Waals surface area (Å²) in [4.78, 5) is 2.62. The van der Waals surface area contributed by atoms with Gasteiger partial charge in [-0.2, -0.15) is 0 Å². The molecule has 0 spiro atoms. The number of likely N-dealkylation sites (tertiary alicyclic amines) is 1. The smallest absolute Gasteiger partial charge is 0.0477 e. The number of nitrogens with one attached hydrogen (secondary N) is 1. The molecule has 1 unspecified atom stereocenters. The van der Waals surface area contributed by atoms with Crippen molar-refractivity contribution in [3.63, 3.8) is 0 Å². The maximum Gasteiger partial charge on any atom is 0.0477 e. The van der Waals surface area contributed by atoms with Gasteiger partial charge in [-0.25, -0.2) is 0 Å². The van der Waals surface area contributed by atoms with Crippen LogP contribution in [0.4, 0.5) is 0 Å². The predicted octanol–water partition coefficient (Wildman–Crippen LogP) is 1.88. The van der Waals surface area contributed by atoms with Gasteiger partial charge in [0.1, 0.15) is 0 Å². The first-order valence-electron chi connectivity index (χ1n) is 7.26. The Morgan fingerprint density at radius 1 is 1.24 bits per heavy atom. The van der Waals surface area contributed by atoms with Gasteiger partial charge in [0.25, 0.3) is 0 Å². The quantitative estimate of drug-likeness (QED) is 0.735. The van der Waals surface area contributed by atoms with Gasteiger partial charge in [-0.3, -0.25) is 0 Å². The molecule has 1 saturated heterocycles. The van der Waals surface area contributed by atoms with Crippen molar-refractivity contribution in [3.8, 4) is 0 Å². The van der Waals surface area contributed by atoms with Crippen LogP contribution in [0.1, 0.15) is 39.0 Å². The molecule has 3 nitrogen and oxygen atoms in total. The van der Waals surface area contributed by atoms with Crippen LogP contribution < -0.4 is 5.32 Å². The van der Waals surface area contributed by atoms with E-state index in [0.717, 1.165) is 25.0 Å². The minimum Gasteiger partial charge on any atom is -0.385 e. The van der Waals surface area contributed by atoms with Crippen LogP contribution in [0.25, 0.3) is 0 Å². The zero-order valence-electron chi connectivity index (χ0n) is 11.5. The van der Waals surface area contributed by atoms with Gasteiger partial charge in [0.15, 0.2) is 0 Å². The van der Waals surface area contributed by atoms with Crippen LogP contribution in [0.15, 0.2) is 0 Å². The zero-order chi connectivity index (χ0) is 12.1. The Balaban J connectivity index is 1.59. The monoisotopic (exact) mass is 240 g/mol. The fourth-order valence-corrected chi connectivity index (χ4v) is 2.67. The highest BCUT2D eigenvalue weighted by molar-refractivity contribution is 4.83. The minimum absolute atomic E-state index is 0.680. The number of hydrogen-bond acceptors (Lipinski definition) is 3. The van der Waals surface area contributed by atoms with Gasteiger partial charge < -0.3 is 15.0 Å². The van der Waals surface area contributed by atoms with Crippen molar-refractivity contribution in [2.75, 3.05) is 33.4 Å². The largest absolute Gasteiger partial charge is 0.385 e. The molecule has 2 rings (SSSR count). The molecule has 0 radical (unpaired) electrons. The van der Waals surface area contributed by atoms with Crippen LogP contribution in [0.5, 0.6) is 0 Å².